The highest BCUT2D eigenvalue weighted by molar-refractivity contribution is 6.10. The number of anilines is 1. The van der Waals surface area contributed by atoms with E-state index in [4.69, 9.17) is 0 Å². The van der Waals surface area contributed by atoms with Gasteiger partial charge < -0.3 is 5.32 Å². The van der Waals surface area contributed by atoms with Gasteiger partial charge in [-0.25, -0.2) is 0 Å². The van der Waals surface area contributed by atoms with E-state index in [0.717, 1.165) is 17.2 Å². The Morgan fingerprint density at radius 2 is 1.55 bits per heavy atom. The largest absolute Gasteiger partial charge is 0.324 e. The molecule has 0 bridgehead atoms. The van der Waals surface area contributed by atoms with Crippen molar-refractivity contribution in [3.05, 3.63) is 78.4 Å². The molecule has 0 spiro atoms. The minimum atomic E-state index is -0.351. The molecule has 5 nitrogen and oxygen atoms in total. The summed E-state index contributed by atoms with van der Waals surface area (Å²) in [5.74, 6) is -1.09. The first-order valence-corrected chi connectivity index (χ1v) is 10.8. The van der Waals surface area contributed by atoms with Crippen molar-refractivity contribution in [2.45, 2.75) is 25.2 Å². The number of nitrogens with zero attached hydrogens (tertiary/aromatic N) is 1. The van der Waals surface area contributed by atoms with Crippen molar-refractivity contribution in [2.24, 2.45) is 11.8 Å². The predicted molar refractivity (Wildman–Crippen MR) is 119 cm³/mol. The summed E-state index contributed by atoms with van der Waals surface area (Å²) < 4.78 is 0. The molecule has 2 aliphatic rings. The zero-order valence-corrected chi connectivity index (χ0v) is 17.2. The van der Waals surface area contributed by atoms with Crippen LogP contribution in [0, 0.1) is 11.8 Å². The number of hydrogen-bond donors (Lipinski definition) is 1. The molecule has 1 heterocycles. The molecule has 1 aliphatic carbocycles. The number of rotatable bonds is 4. The summed E-state index contributed by atoms with van der Waals surface area (Å²) in [5.41, 5.74) is 1.90. The van der Waals surface area contributed by atoms with Crippen LogP contribution in [0.2, 0.25) is 0 Å². The number of likely N-dealkylation sites (tertiary alicyclic amines) is 1. The van der Waals surface area contributed by atoms with E-state index in [0.29, 0.717) is 18.5 Å². The second-order valence-corrected chi connectivity index (χ2v) is 8.47. The maximum atomic E-state index is 13.1. The summed E-state index contributed by atoms with van der Waals surface area (Å²) in [4.78, 5) is 39.9. The number of fused-ring (bicyclic) bond motifs is 2. The molecule has 3 aromatic rings. The Labute approximate surface area is 181 Å². The van der Waals surface area contributed by atoms with Crippen LogP contribution in [0.3, 0.4) is 0 Å². The summed E-state index contributed by atoms with van der Waals surface area (Å²) in [5, 5.41) is 4.83. The van der Waals surface area contributed by atoms with Gasteiger partial charge in [-0.05, 0) is 42.2 Å². The summed E-state index contributed by atoms with van der Waals surface area (Å²) in [6, 6.07) is 23.6. The van der Waals surface area contributed by atoms with Gasteiger partial charge in [0.2, 0.25) is 17.7 Å². The third-order valence-corrected chi connectivity index (χ3v) is 6.65. The van der Waals surface area contributed by atoms with Crippen LogP contribution in [0.4, 0.5) is 5.69 Å². The van der Waals surface area contributed by atoms with E-state index < -0.39 is 0 Å². The van der Waals surface area contributed by atoms with Crippen molar-refractivity contribution < 1.29 is 14.4 Å². The fourth-order valence-electron chi connectivity index (χ4n) is 5.10. The second kappa shape index (κ2) is 7.99. The third-order valence-electron chi connectivity index (χ3n) is 6.65. The summed E-state index contributed by atoms with van der Waals surface area (Å²) in [6.07, 6.45) is 2.25. The van der Waals surface area contributed by atoms with Gasteiger partial charge in [0.15, 0.2) is 0 Å². The van der Waals surface area contributed by atoms with Crippen LogP contribution < -0.4 is 5.32 Å². The average molecular weight is 412 g/mol. The Morgan fingerprint density at radius 3 is 2.39 bits per heavy atom. The van der Waals surface area contributed by atoms with Gasteiger partial charge in [-0.3, -0.25) is 19.3 Å². The zero-order valence-electron chi connectivity index (χ0n) is 17.2. The molecular formula is C26H24N2O3. The first-order chi connectivity index (χ1) is 15.1. The highest BCUT2D eigenvalue weighted by Gasteiger charge is 2.50. The van der Waals surface area contributed by atoms with E-state index >= 15 is 0 Å². The molecule has 1 N–H and O–H groups in total. The third kappa shape index (κ3) is 3.61. The van der Waals surface area contributed by atoms with E-state index in [2.05, 4.69) is 17.4 Å². The number of carbonyl (C=O) groups is 3. The highest BCUT2D eigenvalue weighted by atomic mass is 16.2. The van der Waals surface area contributed by atoms with Crippen LogP contribution in [0.5, 0.6) is 0 Å². The molecular weight excluding hydrogens is 388 g/mol. The van der Waals surface area contributed by atoms with E-state index in [-0.39, 0.29) is 42.0 Å². The van der Waals surface area contributed by atoms with Crippen molar-refractivity contribution in [3.63, 3.8) is 0 Å². The summed E-state index contributed by atoms with van der Waals surface area (Å²) in [6.45, 7) is -0.232. The fourth-order valence-corrected chi connectivity index (χ4v) is 5.10. The quantitative estimate of drug-likeness (QED) is 0.648. The molecule has 1 saturated carbocycles. The predicted octanol–water partition coefficient (Wildman–Crippen LogP) is 4.35. The minimum Gasteiger partial charge on any atom is -0.324 e. The topological polar surface area (TPSA) is 66.5 Å². The molecule has 156 valence electrons. The van der Waals surface area contributed by atoms with Crippen LogP contribution in [0.1, 0.15) is 30.7 Å². The van der Waals surface area contributed by atoms with Crippen molar-refractivity contribution in [2.75, 3.05) is 11.9 Å². The molecule has 3 amide bonds. The number of hydrogen-bond acceptors (Lipinski definition) is 3. The lowest BCUT2D eigenvalue weighted by molar-refractivity contribution is -0.142. The van der Waals surface area contributed by atoms with Crippen LogP contribution in [-0.2, 0) is 14.4 Å². The molecule has 3 aromatic carbocycles. The number of imide groups is 1. The molecule has 0 radical (unpaired) electrons. The summed E-state index contributed by atoms with van der Waals surface area (Å²) >= 11 is 0. The Hall–Kier alpha value is -3.47. The van der Waals surface area contributed by atoms with Gasteiger partial charge >= 0.3 is 0 Å². The van der Waals surface area contributed by atoms with E-state index in [9.17, 15) is 14.4 Å². The number of carbonyl (C=O) groups excluding carboxylic acids is 3. The van der Waals surface area contributed by atoms with Crippen LogP contribution in [0.25, 0.3) is 10.8 Å². The second-order valence-electron chi connectivity index (χ2n) is 8.47. The van der Waals surface area contributed by atoms with Gasteiger partial charge in [0.25, 0.3) is 0 Å². The van der Waals surface area contributed by atoms with Gasteiger partial charge in [0.05, 0.1) is 11.8 Å². The van der Waals surface area contributed by atoms with Gasteiger partial charge in [-0.2, -0.15) is 0 Å². The minimum absolute atomic E-state index is 0.199. The van der Waals surface area contributed by atoms with Crippen molar-refractivity contribution in [3.8, 4) is 0 Å². The molecule has 0 unspecified atom stereocenters. The van der Waals surface area contributed by atoms with Crippen LogP contribution in [0.15, 0.2) is 72.8 Å². The number of amides is 3. The van der Waals surface area contributed by atoms with Gasteiger partial charge in [0.1, 0.15) is 6.54 Å². The maximum Gasteiger partial charge on any atom is 0.244 e. The van der Waals surface area contributed by atoms with E-state index in [1.807, 2.05) is 60.7 Å². The average Bonchev–Trinajstić information content (AvgIpc) is 3.04. The molecule has 3 atom stereocenters. The van der Waals surface area contributed by atoms with Gasteiger partial charge in [0, 0.05) is 11.1 Å². The molecule has 5 rings (SSSR count). The van der Waals surface area contributed by atoms with Gasteiger partial charge in [-0.15, -0.1) is 0 Å². The highest BCUT2D eigenvalue weighted by Crippen LogP contribution is 2.44. The first kappa shape index (κ1) is 19.5. The number of benzene rings is 3. The Morgan fingerprint density at radius 1 is 0.839 bits per heavy atom. The van der Waals surface area contributed by atoms with Crippen LogP contribution in [-0.4, -0.2) is 29.2 Å². The Kier molecular flexibility index (Phi) is 5.02. The summed E-state index contributed by atoms with van der Waals surface area (Å²) in [7, 11) is 0. The SMILES string of the molecule is O=C(CN1C(=O)[C@H]2C[C@@H](c3ccccc3)CC[C@H]2C1=O)Nc1cccc2ccccc12. The molecule has 2 fully saturated rings. The fraction of sp³-hybridized carbons (Fsp3) is 0.269. The number of nitrogens with one attached hydrogen (secondary N) is 1. The monoisotopic (exact) mass is 412 g/mol. The zero-order chi connectivity index (χ0) is 21.4. The molecule has 31 heavy (non-hydrogen) atoms. The van der Waals surface area contributed by atoms with Gasteiger partial charge in [-0.1, -0.05) is 66.7 Å². The van der Waals surface area contributed by atoms with Crippen LogP contribution >= 0.6 is 0 Å². The van der Waals surface area contributed by atoms with E-state index in [1.54, 1.807) is 0 Å². The lowest BCUT2D eigenvalue weighted by Crippen LogP contribution is -2.38. The van der Waals surface area contributed by atoms with Crippen molar-refractivity contribution in [1.82, 2.24) is 4.90 Å². The molecule has 5 heteroatoms. The standard InChI is InChI=1S/C26H24N2O3/c29-24(27-23-12-6-10-18-9-4-5-11-20(18)23)16-28-25(30)21-14-13-19(15-22(21)26(28)31)17-7-2-1-3-8-17/h1-12,19,21-22H,13-16H2,(H,27,29)/t19-,21+,22-/m0/s1. The molecule has 0 aromatic heterocycles. The van der Waals surface area contributed by atoms with Crippen molar-refractivity contribution >= 4 is 34.2 Å². The Balaban J connectivity index is 1.29. The van der Waals surface area contributed by atoms with Crippen molar-refractivity contribution in [1.29, 1.82) is 0 Å². The molecule has 1 saturated heterocycles. The normalized spacial score (nSPS) is 23.1. The van der Waals surface area contributed by atoms with E-state index in [1.165, 1.54) is 10.5 Å². The lowest BCUT2D eigenvalue weighted by atomic mass is 9.73. The first-order valence-electron chi connectivity index (χ1n) is 10.8. The Bertz CT molecular complexity index is 1150. The lowest BCUT2D eigenvalue weighted by Gasteiger charge is -2.28. The maximum absolute atomic E-state index is 13.1. The smallest absolute Gasteiger partial charge is 0.244 e. The molecule has 1 aliphatic heterocycles.